The van der Waals surface area contributed by atoms with Crippen molar-refractivity contribution in [3.05, 3.63) is 36.2 Å². The third-order valence-corrected chi connectivity index (χ3v) is 5.35. The Bertz CT molecular complexity index is 1150. The minimum Gasteiger partial charge on any atom is -0.461 e. The second-order valence-electron chi connectivity index (χ2n) is 7.39. The van der Waals surface area contributed by atoms with E-state index in [9.17, 15) is 5.11 Å². The van der Waals surface area contributed by atoms with Gasteiger partial charge in [0.2, 0.25) is 5.95 Å². The van der Waals surface area contributed by atoms with Gasteiger partial charge in [-0.2, -0.15) is 9.67 Å². The average molecular weight is 379 g/mol. The van der Waals surface area contributed by atoms with Gasteiger partial charge in [-0.1, -0.05) is 5.21 Å². The molecule has 9 heteroatoms. The van der Waals surface area contributed by atoms with Crippen LogP contribution in [0.4, 0.5) is 5.95 Å². The molecule has 144 valence electrons. The van der Waals surface area contributed by atoms with Crippen LogP contribution in [-0.2, 0) is 0 Å². The van der Waals surface area contributed by atoms with Crippen LogP contribution in [0.3, 0.4) is 0 Å². The van der Waals surface area contributed by atoms with Gasteiger partial charge >= 0.3 is 0 Å². The molecule has 1 unspecified atom stereocenters. The number of aliphatic hydroxyl groups excluding tert-OH is 1. The van der Waals surface area contributed by atoms with Crippen LogP contribution in [0.1, 0.15) is 25.0 Å². The molecule has 0 amide bonds. The number of aromatic nitrogens is 5. The number of aryl methyl sites for hydroxylation is 1. The SMILES string of the molecule is Cc1cc2cc(-n3nnc4cnc(N[C@@H]5CC[C@@H](C(N)O)C5)nc43)ccc2o1. The summed E-state index contributed by atoms with van der Waals surface area (Å²) < 4.78 is 7.34. The summed E-state index contributed by atoms with van der Waals surface area (Å²) >= 11 is 0. The monoisotopic (exact) mass is 379 g/mol. The lowest BCUT2D eigenvalue weighted by molar-refractivity contribution is 0.117. The van der Waals surface area contributed by atoms with Crippen LogP contribution >= 0.6 is 0 Å². The first-order chi connectivity index (χ1) is 13.6. The van der Waals surface area contributed by atoms with Gasteiger partial charge in [0.25, 0.3) is 0 Å². The molecule has 0 radical (unpaired) electrons. The molecule has 1 aliphatic rings. The number of furan rings is 1. The molecule has 28 heavy (non-hydrogen) atoms. The maximum Gasteiger partial charge on any atom is 0.225 e. The molecule has 4 N–H and O–H groups in total. The van der Waals surface area contributed by atoms with Gasteiger partial charge in [0.15, 0.2) is 11.2 Å². The summed E-state index contributed by atoms with van der Waals surface area (Å²) in [6.07, 6.45) is 3.50. The first-order valence-corrected chi connectivity index (χ1v) is 9.36. The quantitative estimate of drug-likeness (QED) is 0.460. The predicted octanol–water partition coefficient (Wildman–Crippen LogP) is 2.12. The van der Waals surface area contributed by atoms with Crippen LogP contribution in [0.5, 0.6) is 0 Å². The van der Waals surface area contributed by atoms with Crippen LogP contribution in [0.15, 0.2) is 34.9 Å². The molecule has 3 atom stereocenters. The van der Waals surface area contributed by atoms with Gasteiger partial charge in [-0.05, 0) is 50.5 Å². The number of fused-ring (bicyclic) bond motifs is 2. The number of aliphatic hydroxyl groups is 1. The van der Waals surface area contributed by atoms with Crippen LogP contribution in [0.25, 0.3) is 27.8 Å². The zero-order valence-electron chi connectivity index (χ0n) is 15.4. The number of hydrogen-bond donors (Lipinski definition) is 3. The number of nitrogens with two attached hydrogens (primary N) is 1. The van der Waals surface area contributed by atoms with Gasteiger partial charge in [0.1, 0.15) is 17.6 Å². The number of nitrogens with one attached hydrogen (secondary N) is 1. The molecule has 1 saturated carbocycles. The molecule has 5 rings (SSSR count). The topological polar surface area (TPSA) is 128 Å². The standard InChI is InChI=1S/C19H21N7O2/c1-10-6-12-8-14(4-5-16(12)28-10)26-18-15(24-25-26)9-21-19(23-18)22-13-3-2-11(7-13)17(20)27/h4-6,8-9,11,13,17,27H,2-3,7,20H2,1H3,(H,21,22,23)/t11-,13-,17?/m1/s1. The molecule has 3 aromatic heterocycles. The van der Waals surface area contributed by atoms with E-state index in [2.05, 4.69) is 25.6 Å². The minimum absolute atomic E-state index is 0.110. The highest BCUT2D eigenvalue weighted by atomic mass is 16.3. The van der Waals surface area contributed by atoms with Crippen molar-refractivity contribution in [2.45, 2.75) is 38.5 Å². The molecule has 4 aromatic rings. The number of anilines is 1. The van der Waals surface area contributed by atoms with E-state index in [0.29, 0.717) is 17.1 Å². The Balaban J connectivity index is 1.46. The Morgan fingerprint density at radius 3 is 3.04 bits per heavy atom. The Morgan fingerprint density at radius 2 is 2.21 bits per heavy atom. The average Bonchev–Trinajstić information content (AvgIpc) is 3.38. The third-order valence-electron chi connectivity index (χ3n) is 5.35. The smallest absolute Gasteiger partial charge is 0.225 e. The molecular formula is C19H21N7O2. The third kappa shape index (κ3) is 2.98. The van der Waals surface area contributed by atoms with Crippen molar-refractivity contribution in [3.63, 3.8) is 0 Å². The molecule has 0 saturated heterocycles. The van der Waals surface area contributed by atoms with Crippen LogP contribution in [0, 0.1) is 12.8 Å². The Labute approximate surface area is 160 Å². The normalized spacial score (nSPS) is 20.8. The number of nitrogens with zero attached hydrogens (tertiary/aromatic N) is 5. The zero-order valence-corrected chi connectivity index (χ0v) is 15.4. The lowest BCUT2D eigenvalue weighted by atomic mass is 10.1. The van der Waals surface area contributed by atoms with Crippen LogP contribution in [0.2, 0.25) is 0 Å². The predicted molar refractivity (Wildman–Crippen MR) is 104 cm³/mol. The van der Waals surface area contributed by atoms with E-state index in [-0.39, 0.29) is 12.0 Å². The fraction of sp³-hybridized carbons (Fsp3) is 0.368. The summed E-state index contributed by atoms with van der Waals surface area (Å²) in [6.45, 7) is 1.92. The molecule has 0 spiro atoms. The van der Waals surface area contributed by atoms with Gasteiger partial charge in [0, 0.05) is 17.3 Å². The van der Waals surface area contributed by atoms with E-state index in [1.807, 2.05) is 31.2 Å². The van der Waals surface area contributed by atoms with Crippen LogP contribution in [-0.4, -0.2) is 42.3 Å². The molecule has 1 aromatic carbocycles. The highest BCUT2D eigenvalue weighted by Gasteiger charge is 2.28. The zero-order chi connectivity index (χ0) is 19.3. The maximum absolute atomic E-state index is 9.58. The second kappa shape index (κ2) is 6.54. The lowest BCUT2D eigenvalue weighted by Crippen LogP contribution is -2.29. The lowest BCUT2D eigenvalue weighted by Gasteiger charge is -2.15. The number of hydrogen-bond acceptors (Lipinski definition) is 8. The van der Waals surface area contributed by atoms with Gasteiger partial charge in [-0.25, -0.2) is 4.98 Å². The van der Waals surface area contributed by atoms with E-state index in [0.717, 1.165) is 41.7 Å². The van der Waals surface area contributed by atoms with Crippen molar-refractivity contribution in [1.29, 1.82) is 0 Å². The van der Waals surface area contributed by atoms with Gasteiger partial charge in [-0.15, -0.1) is 5.10 Å². The highest BCUT2D eigenvalue weighted by Crippen LogP contribution is 2.29. The summed E-state index contributed by atoms with van der Waals surface area (Å²) in [5.74, 6) is 1.49. The summed E-state index contributed by atoms with van der Waals surface area (Å²) in [4.78, 5) is 8.98. The fourth-order valence-electron chi connectivity index (χ4n) is 3.91. The minimum atomic E-state index is -0.776. The molecule has 3 heterocycles. The van der Waals surface area contributed by atoms with E-state index in [4.69, 9.17) is 10.2 Å². The maximum atomic E-state index is 9.58. The van der Waals surface area contributed by atoms with Gasteiger partial charge in [0.05, 0.1) is 11.9 Å². The van der Waals surface area contributed by atoms with E-state index in [1.54, 1.807) is 10.9 Å². The number of rotatable bonds is 4. The summed E-state index contributed by atoms with van der Waals surface area (Å²) in [7, 11) is 0. The number of benzene rings is 1. The largest absolute Gasteiger partial charge is 0.461 e. The van der Waals surface area contributed by atoms with E-state index < -0.39 is 6.23 Å². The Morgan fingerprint density at radius 1 is 1.32 bits per heavy atom. The Hall–Kier alpha value is -3.04. The summed E-state index contributed by atoms with van der Waals surface area (Å²) in [6, 6.07) is 8.03. The van der Waals surface area contributed by atoms with Crippen molar-refractivity contribution in [2.24, 2.45) is 11.7 Å². The van der Waals surface area contributed by atoms with Crippen molar-refractivity contribution in [1.82, 2.24) is 25.0 Å². The molecule has 0 bridgehead atoms. The molecule has 9 nitrogen and oxygen atoms in total. The molecule has 1 fully saturated rings. The highest BCUT2D eigenvalue weighted by molar-refractivity contribution is 5.81. The van der Waals surface area contributed by atoms with Crippen LogP contribution < -0.4 is 11.1 Å². The fourth-order valence-corrected chi connectivity index (χ4v) is 3.91. The van der Waals surface area contributed by atoms with E-state index in [1.165, 1.54) is 0 Å². The van der Waals surface area contributed by atoms with Crippen molar-refractivity contribution < 1.29 is 9.52 Å². The second-order valence-corrected chi connectivity index (χ2v) is 7.39. The van der Waals surface area contributed by atoms with Gasteiger partial charge in [-0.3, -0.25) is 0 Å². The molecule has 1 aliphatic carbocycles. The first kappa shape index (κ1) is 17.1. The van der Waals surface area contributed by atoms with E-state index >= 15 is 0 Å². The first-order valence-electron chi connectivity index (χ1n) is 9.36. The Kier molecular flexibility index (Phi) is 3.99. The van der Waals surface area contributed by atoms with Gasteiger partial charge < -0.3 is 20.6 Å². The summed E-state index contributed by atoms with van der Waals surface area (Å²) in [5.41, 5.74) is 8.55. The summed E-state index contributed by atoms with van der Waals surface area (Å²) in [5, 5.41) is 22.3. The molecular weight excluding hydrogens is 358 g/mol. The van der Waals surface area contributed by atoms with Crippen molar-refractivity contribution >= 4 is 28.1 Å². The van der Waals surface area contributed by atoms with Crippen molar-refractivity contribution in [3.8, 4) is 5.69 Å². The van der Waals surface area contributed by atoms with Crippen molar-refractivity contribution in [2.75, 3.05) is 5.32 Å². The molecule has 0 aliphatic heterocycles.